The van der Waals surface area contributed by atoms with Crippen LogP contribution in [-0.4, -0.2) is 22.3 Å². The first-order chi connectivity index (χ1) is 7.54. The average molecular weight is 285 g/mol. The number of amides is 1. The Kier molecular flexibility index (Phi) is 4.93. The third-order valence-electron chi connectivity index (χ3n) is 2.41. The molecule has 0 bridgehead atoms. The van der Waals surface area contributed by atoms with Gasteiger partial charge >= 0.3 is 0 Å². The lowest BCUT2D eigenvalue weighted by atomic mass is 10.1. The molecule has 0 fully saturated rings. The van der Waals surface area contributed by atoms with Crippen molar-refractivity contribution in [2.24, 2.45) is 5.92 Å². The summed E-state index contributed by atoms with van der Waals surface area (Å²) >= 11 is 3.40. The van der Waals surface area contributed by atoms with Crippen LogP contribution >= 0.6 is 15.9 Å². The van der Waals surface area contributed by atoms with Gasteiger partial charge in [-0.3, -0.25) is 4.79 Å². The summed E-state index contributed by atoms with van der Waals surface area (Å²) in [5, 5.41) is 3.71. The van der Waals surface area contributed by atoms with Crippen LogP contribution in [0.2, 0.25) is 0 Å². The standard InChI is InChI=1S/C12H17BrN2O/c1-8(2)11(7-13)15-12(16)10-6-4-5-9(3)14-10/h4-6,8,11H,7H2,1-3H3,(H,15,16). The molecule has 1 aromatic heterocycles. The molecule has 0 saturated heterocycles. The van der Waals surface area contributed by atoms with Gasteiger partial charge in [-0.25, -0.2) is 4.98 Å². The largest absolute Gasteiger partial charge is 0.347 e. The number of carbonyl (C=O) groups excluding carboxylic acids is 1. The number of halogens is 1. The van der Waals surface area contributed by atoms with Crippen molar-refractivity contribution in [3.05, 3.63) is 29.6 Å². The van der Waals surface area contributed by atoms with Gasteiger partial charge in [-0.05, 0) is 25.0 Å². The number of pyridine rings is 1. The van der Waals surface area contributed by atoms with Gasteiger partial charge < -0.3 is 5.32 Å². The number of hydrogen-bond acceptors (Lipinski definition) is 2. The number of carbonyl (C=O) groups is 1. The molecule has 0 aliphatic carbocycles. The molecule has 1 unspecified atom stereocenters. The first kappa shape index (κ1) is 13.2. The average Bonchev–Trinajstić information content (AvgIpc) is 2.25. The minimum Gasteiger partial charge on any atom is -0.347 e. The summed E-state index contributed by atoms with van der Waals surface area (Å²) in [4.78, 5) is 16.1. The van der Waals surface area contributed by atoms with E-state index in [0.717, 1.165) is 11.0 Å². The van der Waals surface area contributed by atoms with Crippen molar-refractivity contribution in [3.8, 4) is 0 Å². The number of aromatic nitrogens is 1. The highest BCUT2D eigenvalue weighted by atomic mass is 79.9. The van der Waals surface area contributed by atoms with Crippen molar-refractivity contribution >= 4 is 21.8 Å². The van der Waals surface area contributed by atoms with Gasteiger partial charge in [-0.2, -0.15) is 0 Å². The Morgan fingerprint density at radius 3 is 2.69 bits per heavy atom. The van der Waals surface area contributed by atoms with Gasteiger partial charge in [0.2, 0.25) is 0 Å². The van der Waals surface area contributed by atoms with Gasteiger partial charge in [0, 0.05) is 17.1 Å². The highest BCUT2D eigenvalue weighted by molar-refractivity contribution is 9.09. The second kappa shape index (κ2) is 5.99. The van der Waals surface area contributed by atoms with Crippen molar-refractivity contribution in [2.45, 2.75) is 26.8 Å². The first-order valence-corrected chi connectivity index (χ1v) is 6.47. The molecule has 0 spiro atoms. The van der Waals surface area contributed by atoms with E-state index in [4.69, 9.17) is 0 Å². The monoisotopic (exact) mass is 284 g/mol. The van der Waals surface area contributed by atoms with Crippen LogP contribution in [-0.2, 0) is 0 Å². The molecule has 88 valence electrons. The van der Waals surface area contributed by atoms with Gasteiger partial charge in [-0.1, -0.05) is 35.8 Å². The second-order valence-corrected chi connectivity index (χ2v) is 4.79. The smallest absolute Gasteiger partial charge is 0.270 e. The Hall–Kier alpha value is -0.900. The Morgan fingerprint density at radius 1 is 1.50 bits per heavy atom. The molecule has 1 atom stereocenters. The van der Waals surface area contributed by atoms with E-state index in [-0.39, 0.29) is 11.9 Å². The second-order valence-electron chi connectivity index (χ2n) is 4.14. The number of aryl methyl sites for hydroxylation is 1. The number of alkyl halides is 1. The fourth-order valence-electron chi connectivity index (χ4n) is 1.30. The SMILES string of the molecule is Cc1cccc(C(=O)NC(CBr)C(C)C)n1. The molecule has 0 saturated carbocycles. The molecule has 1 N–H and O–H groups in total. The molecule has 4 heteroatoms. The van der Waals surface area contributed by atoms with E-state index in [1.54, 1.807) is 6.07 Å². The topological polar surface area (TPSA) is 42.0 Å². The van der Waals surface area contributed by atoms with Crippen LogP contribution in [0.25, 0.3) is 0 Å². The lowest BCUT2D eigenvalue weighted by Gasteiger charge is -2.19. The molecular weight excluding hydrogens is 268 g/mol. The number of nitrogens with one attached hydrogen (secondary N) is 1. The molecule has 1 aromatic rings. The Bertz CT molecular complexity index is 366. The van der Waals surface area contributed by atoms with Crippen LogP contribution in [0.3, 0.4) is 0 Å². The van der Waals surface area contributed by atoms with Crippen molar-refractivity contribution < 1.29 is 4.79 Å². The van der Waals surface area contributed by atoms with Crippen LogP contribution < -0.4 is 5.32 Å². The van der Waals surface area contributed by atoms with Crippen LogP contribution in [0.5, 0.6) is 0 Å². The minimum atomic E-state index is -0.109. The Labute approximate surface area is 105 Å². The van der Waals surface area contributed by atoms with E-state index in [2.05, 4.69) is 40.1 Å². The molecule has 1 amide bonds. The van der Waals surface area contributed by atoms with Crippen molar-refractivity contribution in [2.75, 3.05) is 5.33 Å². The zero-order chi connectivity index (χ0) is 12.1. The molecule has 0 radical (unpaired) electrons. The van der Waals surface area contributed by atoms with Crippen LogP contribution in [0, 0.1) is 12.8 Å². The van der Waals surface area contributed by atoms with Gasteiger partial charge in [0.05, 0.1) is 0 Å². The number of hydrogen-bond donors (Lipinski definition) is 1. The molecule has 16 heavy (non-hydrogen) atoms. The summed E-state index contributed by atoms with van der Waals surface area (Å²) in [5.41, 5.74) is 1.33. The van der Waals surface area contributed by atoms with Crippen LogP contribution in [0.1, 0.15) is 30.0 Å². The molecule has 0 aromatic carbocycles. The van der Waals surface area contributed by atoms with Crippen molar-refractivity contribution in [1.82, 2.24) is 10.3 Å². The predicted octanol–water partition coefficient (Wildman–Crippen LogP) is 2.54. The molecule has 1 heterocycles. The first-order valence-electron chi connectivity index (χ1n) is 5.35. The summed E-state index contributed by atoms with van der Waals surface area (Å²) in [5.74, 6) is 0.287. The Balaban J connectivity index is 2.72. The molecular formula is C12H17BrN2O. The van der Waals surface area contributed by atoms with E-state index < -0.39 is 0 Å². The fraction of sp³-hybridized carbons (Fsp3) is 0.500. The van der Waals surface area contributed by atoms with Gasteiger partial charge in [0.1, 0.15) is 5.69 Å². The third-order valence-corrected chi connectivity index (χ3v) is 3.11. The summed E-state index contributed by atoms with van der Waals surface area (Å²) in [6, 6.07) is 5.58. The highest BCUT2D eigenvalue weighted by Gasteiger charge is 2.16. The number of nitrogens with zero attached hydrogens (tertiary/aromatic N) is 1. The zero-order valence-corrected chi connectivity index (χ0v) is 11.4. The minimum absolute atomic E-state index is 0.109. The van der Waals surface area contributed by atoms with Gasteiger partial charge in [0.25, 0.3) is 5.91 Å². The summed E-state index contributed by atoms with van der Waals surface area (Å²) in [6.45, 7) is 6.03. The van der Waals surface area contributed by atoms with Gasteiger partial charge in [-0.15, -0.1) is 0 Å². The highest BCUT2D eigenvalue weighted by Crippen LogP contribution is 2.06. The van der Waals surface area contributed by atoms with Gasteiger partial charge in [0.15, 0.2) is 0 Å². The fourth-order valence-corrected chi connectivity index (χ4v) is 2.20. The van der Waals surface area contributed by atoms with Crippen LogP contribution in [0.15, 0.2) is 18.2 Å². The Morgan fingerprint density at radius 2 is 2.19 bits per heavy atom. The third kappa shape index (κ3) is 3.59. The van der Waals surface area contributed by atoms with E-state index in [1.165, 1.54) is 0 Å². The summed E-state index contributed by atoms with van der Waals surface area (Å²) in [6.07, 6.45) is 0. The van der Waals surface area contributed by atoms with E-state index in [1.807, 2.05) is 19.1 Å². The normalized spacial score (nSPS) is 12.6. The molecule has 1 rings (SSSR count). The predicted molar refractivity (Wildman–Crippen MR) is 68.9 cm³/mol. The lowest BCUT2D eigenvalue weighted by molar-refractivity contribution is 0.0926. The van der Waals surface area contributed by atoms with Crippen molar-refractivity contribution in [1.29, 1.82) is 0 Å². The maximum Gasteiger partial charge on any atom is 0.270 e. The maximum atomic E-state index is 11.9. The van der Waals surface area contributed by atoms with E-state index in [0.29, 0.717) is 11.6 Å². The van der Waals surface area contributed by atoms with E-state index in [9.17, 15) is 4.79 Å². The molecule has 0 aliphatic rings. The zero-order valence-electron chi connectivity index (χ0n) is 9.83. The molecule has 0 aliphatic heterocycles. The summed E-state index contributed by atoms with van der Waals surface area (Å²) < 4.78 is 0. The maximum absolute atomic E-state index is 11.9. The quantitative estimate of drug-likeness (QED) is 0.864. The summed E-state index contributed by atoms with van der Waals surface area (Å²) in [7, 11) is 0. The van der Waals surface area contributed by atoms with Crippen LogP contribution in [0.4, 0.5) is 0 Å². The number of rotatable bonds is 4. The van der Waals surface area contributed by atoms with Crippen molar-refractivity contribution in [3.63, 3.8) is 0 Å². The lowest BCUT2D eigenvalue weighted by Crippen LogP contribution is -2.40. The van der Waals surface area contributed by atoms with E-state index >= 15 is 0 Å². The molecule has 3 nitrogen and oxygen atoms in total.